The Morgan fingerprint density at radius 2 is 1.92 bits per heavy atom. The maximum atomic E-state index is 12.3. The SMILES string of the molecule is Cc1nc(C(=O)N[C@H]2CCC(=O)NC2=O)ccc1N1CCC(=O)CC1. The molecule has 132 valence electrons. The largest absolute Gasteiger partial charge is 0.369 e. The summed E-state index contributed by atoms with van der Waals surface area (Å²) in [4.78, 5) is 53.0. The van der Waals surface area contributed by atoms with Crippen molar-refractivity contribution < 1.29 is 19.2 Å². The predicted molar refractivity (Wildman–Crippen MR) is 89.1 cm³/mol. The molecule has 2 saturated heterocycles. The van der Waals surface area contributed by atoms with Crippen molar-refractivity contribution in [1.29, 1.82) is 0 Å². The fourth-order valence-corrected chi connectivity index (χ4v) is 3.07. The highest BCUT2D eigenvalue weighted by atomic mass is 16.2. The number of anilines is 1. The Hall–Kier alpha value is -2.77. The number of nitrogens with one attached hydrogen (secondary N) is 2. The molecule has 3 amide bonds. The number of carbonyl (C=O) groups is 4. The van der Waals surface area contributed by atoms with Gasteiger partial charge in [-0.25, -0.2) is 4.98 Å². The maximum absolute atomic E-state index is 12.3. The minimum absolute atomic E-state index is 0.204. The standard InChI is InChI=1S/C17H20N4O4/c1-10-14(21-8-6-11(22)7-9-21)4-2-12(18-10)16(24)19-13-3-5-15(23)20-17(13)25/h2,4,13H,3,5-9H2,1H3,(H,19,24)(H,20,23,25)/t13-/m0/s1. The van der Waals surface area contributed by atoms with E-state index in [9.17, 15) is 19.2 Å². The van der Waals surface area contributed by atoms with Crippen LogP contribution in [0.1, 0.15) is 41.9 Å². The van der Waals surface area contributed by atoms with Crippen LogP contribution in [0.25, 0.3) is 0 Å². The number of hydrogen-bond acceptors (Lipinski definition) is 6. The highest BCUT2D eigenvalue weighted by molar-refractivity contribution is 6.03. The van der Waals surface area contributed by atoms with Gasteiger partial charge in [-0.1, -0.05) is 0 Å². The number of Topliss-reactive ketones (excluding diaryl/α,β-unsaturated/α-hetero) is 1. The Kier molecular flexibility index (Phi) is 4.78. The molecule has 1 atom stereocenters. The fraction of sp³-hybridized carbons (Fsp3) is 0.471. The van der Waals surface area contributed by atoms with Crippen LogP contribution in [0.4, 0.5) is 5.69 Å². The summed E-state index contributed by atoms with van der Waals surface area (Å²) in [7, 11) is 0. The van der Waals surface area contributed by atoms with Crippen LogP contribution in [-0.2, 0) is 14.4 Å². The Labute approximate surface area is 145 Å². The molecule has 0 bridgehead atoms. The number of pyridine rings is 1. The van der Waals surface area contributed by atoms with Gasteiger partial charge in [-0.3, -0.25) is 24.5 Å². The van der Waals surface area contributed by atoms with E-state index in [2.05, 4.69) is 20.5 Å². The summed E-state index contributed by atoms with van der Waals surface area (Å²) in [5.41, 5.74) is 1.83. The number of aromatic nitrogens is 1. The molecule has 0 radical (unpaired) electrons. The summed E-state index contributed by atoms with van der Waals surface area (Å²) in [5.74, 6) is -0.996. The van der Waals surface area contributed by atoms with E-state index in [1.54, 1.807) is 6.07 Å². The summed E-state index contributed by atoms with van der Waals surface area (Å²) in [5, 5.41) is 4.82. The normalized spacial score (nSPS) is 21.1. The summed E-state index contributed by atoms with van der Waals surface area (Å²) in [6, 6.07) is 2.71. The quantitative estimate of drug-likeness (QED) is 0.753. The Morgan fingerprint density at radius 1 is 1.20 bits per heavy atom. The van der Waals surface area contributed by atoms with Gasteiger partial charge in [0.25, 0.3) is 5.91 Å². The van der Waals surface area contributed by atoms with Crippen LogP contribution in [0.5, 0.6) is 0 Å². The number of ketones is 1. The molecule has 2 N–H and O–H groups in total. The molecule has 2 aliphatic heterocycles. The molecule has 0 aliphatic carbocycles. The zero-order valence-corrected chi connectivity index (χ0v) is 14.0. The third kappa shape index (κ3) is 3.84. The lowest BCUT2D eigenvalue weighted by atomic mass is 10.1. The van der Waals surface area contributed by atoms with Gasteiger partial charge in [0.15, 0.2) is 0 Å². The van der Waals surface area contributed by atoms with Gasteiger partial charge in [0.2, 0.25) is 11.8 Å². The van der Waals surface area contributed by atoms with Gasteiger partial charge in [0.1, 0.15) is 17.5 Å². The number of imide groups is 1. The zero-order valence-electron chi connectivity index (χ0n) is 14.0. The first kappa shape index (κ1) is 17.1. The second-order valence-corrected chi connectivity index (χ2v) is 6.30. The molecule has 8 nitrogen and oxygen atoms in total. The highest BCUT2D eigenvalue weighted by Crippen LogP contribution is 2.22. The maximum Gasteiger partial charge on any atom is 0.270 e. The average molecular weight is 344 g/mol. The van der Waals surface area contributed by atoms with Crippen molar-refractivity contribution >= 4 is 29.2 Å². The van der Waals surface area contributed by atoms with Gasteiger partial charge in [-0.2, -0.15) is 0 Å². The minimum Gasteiger partial charge on any atom is -0.369 e. The van der Waals surface area contributed by atoms with Crippen LogP contribution < -0.4 is 15.5 Å². The Balaban J connectivity index is 1.67. The van der Waals surface area contributed by atoms with E-state index in [4.69, 9.17) is 0 Å². The molecule has 2 aliphatic rings. The molecular formula is C17H20N4O4. The lowest BCUT2D eigenvalue weighted by molar-refractivity contribution is -0.134. The van der Waals surface area contributed by atoms with Crippen LogP contribution in [0.3, 0.4) is 0 Å². The molecule has 3 rings (SSSR count). The average Bonchev–Trinajstić information content (AvgIpc) is 2.58. The lowest BCUT2D eigenvalue weighted by Crippen LogP contribution is -2.52. The Bertz CT molecular complexity index is 736. The summed E-state index contributed by atoms with van der Waals surface area (Å²) >= 11 is 0. The van der Waals surface area contributed by atoms with Gasteiger partial charge in [-0.15, -0.1) is 0 Å². The first-order valence-corrected chi connectivity index (χ1v) is 8.33. The third-order valence-electron chi connectivity index (χ3n) is 4.50. The summed E-state index contributed by atoms with van der Waals surface area (Å²) in [6.45, 7) is 3.13. The number of piperidine rings is 2. The first-order valence-electron chi connectivity index (χ1n) is 8.33. The second-order valence-electron chi connectivity index (χ2n) is 6.30. The zero-order chi connectivity index (χ0) is 18.0. The first-order chi connectivity index (χ1) is 11.9. The van der Waals surface area contributed by atoms with Crippen LogP contribution in [0.2, 0.25) is 0 Å². The van der Waals surface area contributed by atoms with Crippen molar-refractivity contribution in [2.24, 2.45) is 0 Å². The number of carbonyl (C=O) groups excluding carboxylic acids is 4. The molecule has 25 heavy (non-hydrogen) atoms. The topological polar surface area (TPSA) is 108 Å². The second kappa shape index (κ2) is 7.00. The van der Waals surface area contributed by atoms with Crippen molar-refractivity contribution in [3.05, 3.63) is 23.5 Å². The molecular weight excluding hydrogens is 324 g/mol. The number of nitrogens with zero attached hydrogens (tertiary/aromatic N) is 2. The monoisotopic (exact) mass is 344 g/mol. The molecule has 0 spiro atoms. The van der Waals surface area contributed by atoms with E-state index >= 15 is 0 Å². The van der Waals surface area contributed by atoms with E-state index in [0.29, 0.717) is 31.6 Å². The van der Waals surface area contributed by atoms with E-state index in [-0.39, 0.29) is 30.2 Å². The van der Waals surface area contributed by atoms with Crippen LogP contribution >= 0.6 is 0 Å². The fourth-order valence-electron chi connectivity index (χ4n) is 3.07. The van der Waals surface area contributed by atoms with Crippen molar-refractivity contribution in [3.8, 4) is 0 Å². The number of hydrogen-bond donors (Lipinski definition) is 2. The molecule has 0 saturated carbocycles. The van der Waals surface area contributed by atoms with Gasteiger partial charge >= 0.3 is 0 Å². The van der Waals surface area contributed by atoms with Crippen LogP contribution in [-0.4, -0.2) is 47.6 Å². The summed E-state index contributed by atoms with van der Waals surface area (Å²) < 4.78 is 0. The Morgan fingerprint density at radius 3 is 2.56 bits per heavy atom. The van der Waals surface area contributed by atoms with Crippen LogP contribution in [0.15, 0.2) is 12.1 Å². The molecule has 0 aromatic carbocycles. The highest BCUT2D eigenvalue weighted by Gasteiger charge is 2.28. The molecule has 0 unspecified atom stereocenters. The van der Waals surface area contributed by atoms with E-state index < -0.39 is 17.9 Å². The van der Waals surface area contributed by atoms with Crippen molar-refractivity contribution in [3.63, 3.8) is 0 Å². The van der Waals surface area contributed by atoms with Gasteiger partial charge < -0.3 is 10.2 Å². The minimum atomic E-state index is -0.722. The molecule has 3 heterocycles. The third-order valence-corrected chi connectivity index (χ3v) is 4.50. The van der Waals surface area contributed by atoms with Gasteiger partial charge in [0.05, 0.1) is 11.4 Å². The lowest BCUT2D eigenvalue weighted by Gasteiger charge is -2.29. The van der Waals surface area contributed by atoms with E-state index in [1.165, 1.54) is 0 Å². The number of rotatable bonds is 3. The smallest absolute Gasteiger partial charge is 0.270 e. The van der Waals surface area contributed by atoms with Crippen LogP contribution in [0, 0.1) is 6.92 Å². The molecule has 1 aromatic rings. The van der Waals surface area contributed by atoms with Crippen molar-refractivity contribution in [2.45, 2.75) is 38.6 Å². The molecule has 1 aromatic heterocycles. The van der Waals surface area contributed by atoms with Crippen molar-refractivity contribution in [2.75, 3.05) is 18.0 Å². The van der Waals surface area contributed by atoms with Gasteiger partial charge in [-0.05, 0) is 25.5 Å². The molecule has 8 heteroatoms. The summed E-state index contributed by atoms with van der Waals surface area (Å²) in [6.07, 6.45) is 1.54. The van der Waals surface area contributed by atoms with Crippen molar-refractivity contribution in [1.82, 2.24) is 15.6 Å². The van der Waals surface area contributed by atoms with E-state index in [0.717, 1.165) is 5.69 Å². The number of aryl methyl sites for hydroxylation is 1. The van der Waals surface area contributed by atoms with E-state index in [1.807, 2.05) is 13.0 Å². The number of amides is 3. The molecule has 2 fully saturated rings. The van der Waals surface area contributed by atoms with Gasteiger partial charge in [0, 0.05) is 32.4 Å². The predicted octanol–water partition coefficient (Wildman–Crippen LogP) is 0.0943.